The number of hydrogen-bond acceptors (Lipinski definition) is 2. The van der Waals surface area contributed by atoms with Gasteiger partial charge >= 0.3 is 0 Å². The van der Waals surface area contributed by atoms with E-state index in [-0.39, 0.29) is 23.3 Å². The molecular weight excluding hydrogens is 312 g/mol. The van der Waals surface area contributed by atoms with Crippen molar-refractivity contribution in [1.29, 1.82) is 0 Å². The number of fused-ring (bicyclic) bond motifs is 5. The third kappa shape index (κ3) is 2.39. The summed E-state index contributed by atoms with van der Waals surface area (Å²) < 4.78 is 0. The lowest BCUT2D eigenvalue weighted by Crippen LogP contribution is -2.65. The van der Waals surface area contributed by atoms with E-state index in [0.717, 1.165) is 24.7 Å². The standard InChI is InChI=1S/C21H34N2O2/c1-13(19(22)25)23-17-7-6-14-15-5-4-10-20(15,2)11-8-16(14)21(17,3)12-9-18(23)24/h13-17H,4-12H2,1-3H3,(H2,22,25)/t13?,14-,15-,16+,17?,20-,21+/m0/s1. The van der Waals surface area contributed by atoms with Crippen molar-refractivity contribution in [3.05, 3.63) is 0 Å². The first-order valence-electron chi connectivity index (χ1n) is 10.4. The fraction of sp³-hybridized carbons (Fsp3) is 0.905. The number of nitrogens with two attached hydrogens (primary N) is 1. The molecule has 1 heterocycles. The molecule has 4 fully saturated rings. The van der Waals surface area contributed by atoms with Crippen LogP contribution in [0.2, 0.25) is 0 Å². The minimum Gasteiger partial charge on any atom is -0.368 e. The molecular formula is C21H34N2O2. The Balaban J connectivity index is 1.65. The third-order valence-electron chi connectivity index (χ3n) is 8.93. The minimum absolute atomic E-state index is 0.133. The smallest absolute Gasteiger partial charge is 0.239 e. The zero-order chi connectivity index (χ0) is 18.0. The van der Waals surface area contributed by atoms with E-state index in [2.05, 4.69) is 13.8 Å². The maximum Gasteiger partial charge on any atom is 0.239 e. The van der Waals surface area contributed by atoms with E-state index in [1.165, 1.54) is 38.5 Å². The van der Waals surface area contributed by atoms with Crippen LogP contribution >= 0.6 is 0 Å². The highest BCUT2D eigenvalue weighted by Crippen LogP contribution is 2.64. The Hall–Kier alpha value is -1.06. The Kier molecular flexibility index (Phi) is 3.97. The zero-order valence-electron chi connectivity index (χ0n) is 16.1. The van der Waals surface area contributed by atoms with Crippen LogP contribution in [0, 0.1) is 28.6 Å². The van der Waals surface area contributed by atoms with Crippen molar-refractivity contribution < 1.29 is 9.59 Å². The topological polar surface area (TPSA) is 63.4 Å². The first-order chi connectivity index (χ1) is 11.8. The molecule has 4 aliphatic rings. The molecule has 0 bridgehead atoms. The molecule has 140 valence electrons. The molecule has 3 aliphatic carbocycles. The highest BCUT2D eigenvalue weighted by atomic mass is 16.2. The van der Waals surface area contributed by atoms with Crippen molar-refractivity contribution >= 4 is 11.8 Å². The number of hydrogen-bond donors (Lipinski definition) is 1. The van der Waals surface area contributed by atoms with Crippen LogP contribution in [0.1, 0.15) is 78.6 Å². The maximum atomic E-state index is 12.6. The molecule has 0 radical (unpaired) electrons. The average Bonchev–Trinajstić information content (AvgIpc) is 2.96. The van der Waals surface area contributed by atoms with Gasteiger partial charge in [0.2, 0.25) is 11.8 Å². The molecule has 25 heavy (non-hydrogen) atoms. The molecule has 1 aliphatic heterocycles. The minimum atomic E-state index is -0.478. The van der Waals surface area contributed by atoms with Crippen LogP contribution in [-0.2, 0) is 9.59 Å². The molecule has 0 aromatic carbocycles. The summed E-state index contributed by atoms with van der Waals surface area (Å²) in [7, 11) is 0. The molecule has 1 saturated heterocycles. The van der Waals surface area contributed by atoms with Crippen molar-refractivity contribution in [1.82, 2.24) is 4.90 Å². The summed E-state index contributed by atoms with van der Waals surface area (Å²) in [5, 5.41) is 0. The molecule has 2 N–H and O–H groups in total. The van der Waals surface area contributed by atoms with Crippen LogP contribution in [-0.4, -0.2) is 28.8 Å². The second-order valence-electron chi connectivity index (χ2n) is 9.94. The number of likely N-dealkylation sites (tertiary alicyclic amines) is 1. The number of rotatable bonds is 2. The number of nitrogens with zero attached hydrogens (tertiary/aromatic N) is 1. The van der Waals surface area contributed by atoms with E-state index in [0.29, 0.717) is 17.8 Å². The maximum absolute atomic E-state index is 12.6. The van der Waals surface area contributed by atoms with Gasteiger partial charge in [0.05, 0.1) is 0 Å². The van der Waals surface area contributed by atoms with Gasteiger partial charge in [-0.15, -0.1) is 0 Å². The van der Waals surface area contributed by atoms with E-state index < -0.39 is 6.04 Å². The molecule has 4 nitrogen and oxygen atoms in total. The molecule has 7 atom stereocenters. The molecule has 4 heteroatoms. The molecule has 3 saturated carbocycles. The predicted octanol–water partition coefficient (Wildman–Crippen LogP) is 3.48. The van der Waals surface area contributed by atoms with E-state index in [4.69, 9.17) is 5.73 Å². The van der Waals surface area contributed by atoms with Crippen molar-refractivity contribution in [3.8, 4) is 0 Å². The monoisotopic (exact) mass is 346 g/mol. The first-order valence-corrected chi connectivity index (χ1v) is 10.4. The highest BCUT2D eigenvalue weighted by molar-refractivity contribution is 5.87. The van der Waals surface area contributed by atoms with Crippen LogP contribution in [0.5, 0.6) is 0 Å². The second-order valence-corrected chi connectivity index (χ2v) is 9.94. The van der Waals surface area contributed by atoms with Crippen LogP contribution in [0.3, 0.4) is 0 Å². The normalized spacial score (nSPS) is 47.6. The van der Waals surface area contributed by atoms with E-state index in [9.17, 15) is 9.59 Å². The number of carbonyl (C=O) groups is 2. The Bertz CT molecular complexity index is 590. The summed E-state index contributed by atoms with van der Waals surface area (Å²) in [5.74, 6) is 2.17. The molecule has 2 amide bonds. The molecule has 0 aromatic heterocycles. The predicted molar refractivity (Wildman–Crippen MR) is 97.5 cm³/mol. The summed E-state index contributed by atoms with van der Waals surface area (Å²) in [5.41, 5.74) is 6.30. The van der Waals surface area contributed by atoms with Crippen LogP contribution in [0.15, 0.2) is 0 Å². The second kappa shape index (κ2) is 5.72. The van der Waals surface area contributed by atoms with Gasteiger partial charge < -0.3 is 10.6 Å². The molecule has 2 unspecified atom stereocenters. The van der Waals surface area contributed by atoms with Gasteiger partial charge in [0.1, 0.15) is 6.04 Å². The zero-order valence-corrected chi connectivity index (χ0v) is 16.1. The van der Waals surface area contributed by atoms with Gasteiger partial charge in [-0.05, 0) is 80.5 Å². The summed E-state index contributed by atoms with van der Waals surface area (Å²) in [6.45, 7) is 6.76. The molecule has 0 aromatic rings. The fourth-order valence-electron chi connectivity index (χ4n) is 7.54. The third-order valence-corrected chi connectivity index (χ3v) is 8.93. The lowest BCUT2D eigenvalue weighted by molar-refractivity contribution is -0.167. The van der Waals surface area contributed by atoms with Crippen molar-refractivity contribution in [2.45, 2.75) is 90.6 Å². The van der Waals surface area contributed by atoms with Gasteiger partial charge in [-0.1, -0.05) is 20.3 Å². The van der Waals surface area contributed by atoms with Gasteiger partial charge in [-0.2, -0.15) is 0 Å². The largest absolute Gasteiger partial charge is 0.368 e. The first kappa shape index (κ1) is 17.4. The Labute approximate surface area is 151 Å². The van der Waals surface area contributed by atoms with Crippen LogP contribution < -0.4 is 5.73 Å². The van der Waals surface area contributed by atoms with Gasteiger partial charge in [0.25, 0.3) is 0 Å². The molecule has 4 rings (SSSR count). The Morgan fingerprint density at radius 2 is 1.88 bits per heavy atom. The summed E-state index contributed by atoms with van der Waals surface area (Å²) >= 11 is 0. The molecule has 0 spiro atoms. The summed E-state index contributed by atoms with van der Waals surface area (Å²) in [6, 6.07) is -0.280. The van der Waals surface area contributed by atoms with E-state index in [1.54, 1.807) is 0 Å². The number of piperidine rings is 1. The number of amides is 2. The van der Waals surface area contributed by atoms with Gasteiger partial charge in [-0.3, -0.25) is 9.59 Å². The van der Waals surface area contributed by atoms with Crippen molar-refractivity contribution in [2.24, 2.45) is 34.3 Å². The van der Waals surface area contributed by atoms with Crippen LogP contribution in [0.4, 0.5) is 0 Å². The van der Waals surface area contributed by atoms with Crippen molar-refractivity contribution in [3.63, 3.8) is 0 Å². The quantitative estimate of drug-likeness (QED) is 0.832. The van der Waals surface area contributed by atoms with Crippen LogP contribution in [0.25, 0.3) is 0 Å². The van der Waals surface area contributed by atoms with Crippen molar-refractivity contribution in [2.75, 3.05) is 0 Å². The average molecular weight is 347 g/mol. The summed E-state index contributed by atoms with van der Waals surface area (Å²) in [4.78, 5) is 26.4. The van der Waals surface area contributed by atoms with Gasteiger partial charge in [-0.25, -0.2) is 0 Å². The van der Waals surface area contributed by atoms with E-state index >= 15 is 0 Å². The van der Waals surface area contributed by atoms with Gasteiger partial charge in [0.15, 0.2) is 0 Å². The Morgan fingerprint density at radius 1 is 1.12 bits per heavy atom. The SMILES string of the molecule is CC(C(N)=O)N1C(=O)CC[C@@]2(C)C1CC[C@@H]1[C@H]2CC[C@]2(C)CCC[C@@H]12. The number of primary amides is 1. The summed E-state index contributed by atoms with van der Waals surface area (Å²) in [6.07, 6.45) is 10.7. The highest BCUT2D eigenvalue weighted by Gasteiger charge is 2.60. The van der Waals surface area contributed by atoms with E-state index in [1.807, 2.05) is 11.8 Å². The fourth-order valence-corrected chi connectivity index (χ4v) is 7.54. The Morgan fingerprint density at radius 3 is 2.60 bits per heavy atom. The lowest BCUT2D eigenvalue weighted by Gasteiger charge is -2.62. The van der Waals surface area contributed by atoms with Gasteiger partial charge in [0, 0.05) is 12.5 Å². The number of carbonyl (C=O) groups excluding carboxylic acids is 2. The lowest BCUT2D eigenvalue weighted by atomic mass is 9.47.